The lowest BCUT2D eigenvalue weighted by Crippen LogP contribution is -1.92. The van der Waals surface area contributed by atoms with E-state index in [9.17, 15) is 4.79 Å². The molecule has 0 unspecified atom stereocenters. The van der Waals surface area contributed by atoms with Crippen LogP contribution in [0.5, 0.6) is 0 Å². The summed E-state index contributed by atoms with van der Waals surface area (Å²) in [6.45, 7) is 6.76. The van der Waals surface area contributed by atoms with E-state index in [1.54, 1.807) is 6.08 Å². The normalized spacial score (nSPS) is 18.2. The molecule has 0 aromatic carbocycles. The van der Waals surface area contributed by atoms with Gasteiger partial charge in [-0.2, -0.15) is 0 Å². The van der Waals surface area contributed by atoms with Gasteiger partial charge in [-0.15, -0.1) is 0 Å². The standard InChI is InChI=1S/C10H14O2/c1-7(2)8(3)4-9-5-10(11)12-6-9/h4-5,7H,6H2,1-3H3. The summed E-state index contributed by atoms with van der Waals surface area (Å²) >= 11 is 0. The fraction of sp³-hybridized carbons (Fsp3) is 0.500. The van der Waals surface area contributed by atoms with Crippen LogP contribution in [0, 0.1) is 5.92 Å². The van der Waals surface area contributed by atoms with Crippen molar-refractivity contribution >= 4 is 5.97 Å². The molecule has 0 radical (unpaired) electrons. The van der Waals surface area contributed by atoms with E-state index in [1.807, 2.05) is 6.08 Å². The van der Waals surface area contributed by atoms with Gasteiger partial charge in [0.15, 0.2) is 0 Å². The summed E-state index contributed by atoms with van der Waals surface area (Å²) in [4.78, 5) is 10.7. The van der Waals surface area contributed by atoms with Crippen molar-refractivity contribution in [3.63, 3.8) is 0 Å². The maximum absolute atomic E-state index is 10.7. The second-order valence-electron chi connectivity index (χ2n) is 3.37. The Balaban J connectivity index is 2.68. The van der Waals surface area contributed by atoms with Crippen LogP contribution in [0.1, 0.15) is 20.8 Å². The lowest BCUT2D eigenvalue weighted by molar-refractivity contribution is -0.134. The van der Waals surface area contributed by atoms with E-state index in [1.165, 1.54) is 5.57 Å². The van der Waals surface area contributed by atoms with Gasteiger partial charge in [-0.25, -0.2) is 4.79 Å². The molecule has 0 amide bonds. The lowest BCUT2D eigenvalue weighted by atomic mass is 10.0. The Hall–Kier alpha value is -1.05. The largest absolute Gasteiger partial charge is 0.458 e. The van der Waals surface area contributed by atoms with Gasteiger partial charge in [0, 0.05) is 6.08 Å². The molecule has 66 valence electrons. The summed E-state index contributed by atoms with van der Waals surface area (Å²) in [5, 5.41) is 0. The Morgan fingerprint density at radius 2 is 2.33 bits per heavy atom. The molecule has 0 fully saturated rings. The third-order valence-corrected chi connectivity index (χ3v) is 2.01. The van der Waals surface area contributed by atoms with Crippen molar-refractivity contribution in [2.45, 2.75) is 20.8 Å². The van der Waals surface area contributed by atoms with E-state index in [0.717, 1.165) is 5.57 Å². The fourth-order valence-electron chi connectivity index (χ4n) is 0.932. The number of hydrogen-bond acceptors (Lipinski definition) is 2. The molecule has 1 heterocycles. The van der Waals surface area contributed by atoms with Gasteiger partial charge in [0.1, 0.15) is 6.61 Å². The highest BCUT2D eigenvalue weighted by molar-refractivity contribution is 5.86. The molecule has 1 rings (SSSR count). The molecule has 2 heteroatoms. The molecule has 0 aromatic rings. The first-order valence-electron chi connectivity index (χ1n) is 4.15. The predicted octanol–water partition coefficient (Wildman–Crippen LogP) is 2.07. The number of carbonyl (C=O) groups excluding carboxylic acids is 1. The summed E-state index contributed by atoms with van der Waals surface area (Å²) in [5.74, 6) is 0.305. The van der Waals surface area contributed by atoms with Gasteiger partial charge in [-0.05, 0) is 18.4 Å². The Labute approximate surface area is 72.9 Å². The molecule has 1 aliphatic heterocycles. The van der Waals surface area contributed by atoms with Crippen molar-refractivity contribution in [2.24, 2.45) is 5.92 Å². The minimum absolute atomic E-state index is 0.224. The topological polar surface area (TPSA) is 26.3 Å². The van der Waals surface area contributed by atoms with Crippen molar-refractivity contribution in [3.8, 4) is 0 Å². The van der Waals surface area contributed by atoms with Crippen molar-refractivity contribution < 1.29 is 9.53 Å². The van der Waals surface area contributed by atoms with Crippen LogP contribution in [0.15, 0.2) is 23.3 Å². The van der Waals surface area contributed by atoms with E-state index in [4.69, 9.17) is 4.74 Å². The summed E-state index contributed by atoms with van der Waals surface area (Å²) in [7, 11) is 0. The number of hydrogen-bond donors (Lipinski definition) is 0. The molecular weight excluding hydrogens is 152 g/mol. The molecule has 0 saturated carbocycles. The Morgan fingerprint density at radius 3 is 2.75 bits per heavy atom. The molecular formula is C10H14O2. The van der Waals surface area contributed by atoms with Gasteiger partial charge in [0.25, 0.3) is 0 Å². The maximum Gasteiger partial charge on any atom is 0.331 e. The first kappa shape index (κ1) is 9.04. The maximum atomic E-state index is 10.7. The van der Waals surface area contributed by atoms with Crippen LogP contribution in [0.4, 0.5) is 0 Å². The van der Waals surface area contributed by atoms with E-state index in [0.29, 0.717) is 12.5 Å². The molecule has 0 aromatic heterocycles. The quantitative estimate of drug-likeness (QED) is 0.587. The third-order valence-electron chi connectivity index (χ3n) is 2.01. The first-order chi connectivity index (χ1) is 5.59. The number of cyclic esters (lactones) is 1. The molecule has 0 N–H and O–H groups in total. The number of ether oxygens (including phenoxy) is 1. The molecule has 0 atom stereocenters. The fourth-order valence-corrected chi connectivity index (χ4v) is 0.932. The molecule has 0 spiro atoms. The number of carbonyl (C=O) groups is 1. The van der Waals surface area contributed by atoms with Gasteiger partial charge in [-0.1, -0.05) is 25.5 Å². The average Bonchev–Trinajstić information content (AvgIpc) is 2.35. The van der Waals surface area contributed by atoms with E-state index >= 15 is 0 Å². The van der Waals surface area contributed by atoms with Crippen LogP contribution in [0.2, 0.25) is 0 Å². The van der Waals surface area contributed by atoms with Crippen LogP contribution in [0.25, 0.3) is 0 Å². The van der Waals surface area contributed by atoms with E-state index in [2.05, 4.69) is 20.8 Å². The van der Waals surface area contributed by atoms with Crippen LogP contribution < -0.4 is 0 Å². The van der Waals surface area contributed by atoms with Gasteiger partial charge < -0.3 is 4.74 Å². The lowest BCUT2D eigenvalue weighted by Gasteiger charge is -2.03. The van der Waals surface area contributed by atoms with Crippen LogP contribution in [-0.4, -0.2) is 12.6 Å². The van der Waals surface area contributed by atoms with Crippen molar-refractivity contribution in [1.29, 1.82) is 0 Å². The zero-order valence-electron chi connectivity index (χ0n) is 7.76. The van der Waals surface area contributed by atoms with Crippen LogP contribution in [-0.2, 0) is 9.53 Å². The summed E-state index contributed by atoms with van der Waals surface area (Å²) in [5.41, 5.74) is 2.26. The number of rotatable bonds is 2. The minimum atomic E-state index is -0.224. The Bertz CT molecular complexity index is 247. The first-order valence-corrected chi connectivity index (χ1v) is 4.15. The van der Waals surface area contributed by atoms with Gasteiger partial charge in [0.05, 0.1) is 0 Å². The zero-order valence-corrected chi connectivity index (χ0v) is 7.76. The predicted molar refractivity (Wildman–Crippen MR) is 47.6 cm³/mol. The van der Waals surface area contributed by atoms with Gasteiger partial charge >= 0.3 is 5.97 Å². The van der Waals surface area contributed by atoms with Gasteiger partial charge in [0.2, 0.25) is 0 Å². The molecule has 12 heavy (non-hydrogen) atoms. The number of allylic oxidation sites excluding steroid dienone is 1. The molecule has 0 bridgehead atoms. The SMILES string of the molecule is CC(=CC1=CC(=O)OC1)C(C)C. The minimum Gasteiger partial charge on any atom is -0.458 e. The molecule has 0 aliphatic carbocycles. The van der Waals surface area contributed by atoms with Gasteiger partial charge in [-0.3, -0.25) is 0 Å². The summed E-state index contributed by atoms with van der Waals surface area (Å²) in [6, 6.07) is 0. The summed E-state index contributed by atoms with van der Waals surface area (Å²) < 4.78 is 4.77. The molecule has 0 saturated heterocycles. The number of esters is 1. The Morgan fingerprint density at radius 1 is 1.67 bits per heavy atom. The smallest absolute Gasteiger partial charge is 0.331 e. The van der Waals surface area contributed by atoms with E-state index in [-0.39, 0.29) is 5.97 Å². The monoisotopic (exact) mass is 166 g/mol. The molecule has 2 nitrogen and oxygen atoms in total. The van der Waals surface area contributed by atoms with Crippen LogP contribution >= 0.6 is 0 Å². The zero-order chi connectivity index (χ0) is 9.14. The molecule has 1 aliphatic rings. The van der Waals surface area contributed by atoms with Crippen molar-refractivity contribution in [3.05, 3.63) is 23.3 Å². The average molecular weight is 166 g/mol. The second kappa shape index (κ2) is 3.57. The second-order valence-corrected chi connectivity index (χ2v) is 3.37. The highest BCUT2D eigenvalue weighted by Gasteiger charge is 2.10. The van der Waals surface area contributed by atoms with Crippen molar-refractivity contribution in [1.82, 2.24) is 0 Å². The van der Waals surface area contributed by atoms with Crippen molar-refractivity contribution in [2.75, 3.05) is 6.61 Å². The Kier molecular flexibility index (Phi) is 2.69. The third kappa shape index (κ3) is 2.22. The highest BCUT2D eigenvalue weighted by Crippen LogP contribution is 2.14. The van der Waals surface area contributed by atoms with E-state index < -0.39 is 0 Å². The summed E-state index contributed by atoms with van der Waals surface area (Å²) in [6.07, 6.45) is 3.57. The highest BCUT2D eigenvalue weighted by atomic mass is 16.5. The van der Waals surface area contributed by atoms with Crippen LogP contribution in [0.3, 0.4) is 0 Å².